The number of urea groups is 1. The molecule has 2 aromatic heterocycles. The molecular weight excluding hydrogens is 623 g/mol. The Labute approximate surface area is 256 Å². The van der Waals surface area contributed by atoms with Crippen LogP contribution >= 0.6 is 18.1 Å². The van der Waals surface area contributed by atoms with E-state index in [1.54, 1.807) is 13.8 Å². The highest BCUT2D eigenvalue weighted by atomic mass is 32.7. The number of fused-ring (bicyclic) bond motifs is 1. The van der Waals surface area contributed by atoms with Crippen LogP contribution in [0.1, 0.15) is 33.9 Å². The lowest BCUT2D eigenvalue weighted by Crippen LogP contribution is -2.44. The fraction of sp³-hybridized carbons (Fsp3) is 0.667. The topological polar surface area (TPSA) is 234 Å². The van der Waals surface area contributed by atoms with E-state index in [0.29, 0.717) is 11.4 Å². The molecule has 0 aliphatic carbocycles. The molecule has 2 aliphatic rings. The second-order valence-electron chi connectivity index (χ2n) is 10.8. The van der Waals surface area contributed by atoms with E-state index in [1.807, 2.05) is 0 Å². The van der Waals surface area contributed by atoms with Gasteiger partial charge >= 0.3 is 18.7 Å². The van der Waals surface area contributed by atoms with Gasteiger partial charge in [-0.15, -0.1) is 0 Å². The second-order valence-corrected chi connectivity index (χ2v) is 15.2. The Kier molecular flexibility index (Phi) is 9.80. The van der Waals surface area contributed by atoms with Gasteiger partial charge < -0.3 is 39.6 Å². The minimum absolute atomic E-state index is 0.0951. The summed E-state index contributed by atoms with van der Waals surface area (Å²) in [7, 11) is 4.16. The Morgan fingerprint density at radius 2 is 1.98 bits per heavy atom. The molecule has 0 saturated carbocycles. The monoisotopic (exact) mass is 660 g/mol. The van der Waals surface area contributed by atoms with Crippen molar-refractivity contribution in [3.63, 3.8) is 0 Å². The molecule has 5 N–H and O–H groups in total. The van der Waals surface area contributed by atoms with Gasteiger partial charge in [-0.1, -0.05) is 11.4 Å². The molecule has 44 heavy (non-hydrogen) atoms. The van der Waals surface area contributed by atoms with Gasteiger partial charge in [-0.25, -0.2) is 14.9 Å². The first-order valence-corrected chi connectivity index (χ1v) is 16.7. The molecule has 0 unspecified atom stereocenters. The first kappa shape index (κ1) is 33.8. The molecule has 7 atom stereocenters. The van der Waals surface area contributed by atoms with Gasteiger partial charge in [0.1, 0.15) is 29.9 Å². The number of anilines is 1. The summed E-state index contributed by atoms with van der Waals surface area (Å²) in [5.41, 5.74) is 4.28. The van der Waals surface area contributed by atoms with E-state index in [1.165, 1.54) is 50.8 Å². The number of aliphatic hydroxyl groups excluding tert-OH is 1. The molecule has 18 nitrogen and oxygen atoms in total. The third-order valence-corrected chi connectivity index (χ3v) is 11.2. The highest BCUT2D eigenvalue weighted by Gasteiger charge is 2.54. The molecular formula is C24H37N8O10PS. The van der Waals surface area contributed by atoms with Gasteiger partial charge in [0.2, 0.25) is 11.8 Å². The maximum Gasteiger partial charge on any atom is 0.327 e. The van der Waals surface area contributed by atoms with E-state index in [-0.39, 0.29) is 28.7 Å². The molecule has 2 aliphatic heterocycles. The van der Waals surface area contributed by atoms with Crippen molar-refractivity contribution in [2.45, 2.75) is 69.9 Å². The molecule has 2 saturated heterocycles. The summed E-state index contributed by atoms with van der Waals surface area (Å²) in [5, 5.41) is 25.0. The summed E-state index contributed by atoms with van der Waals surface area (Å²) < 4.78 is 37.6. The minimum atomic E-state index is -4.06. The van der Waals surface area contributed by atoms with E-state index >= 15 is 0 Å². The van der Waals surface area contributed by atoms with Crippen LogP contribution in [0.3, 0.4) is 0 Å². The number of carbonyl (C=O) groups excluding carboxylic acids is 3. The number of imide groups is 1. The fourth-order valence-corrected chi connectivity index (χ4v) is 8.68. The van der Waals surface area contributed by atoms with Gasteiger partial charge in [0.05, 0.1) is 26.1 Å². The van der Waals surface area contributed by atoms with Gasteiger partial charge in [0.15, 0.2) is 17.4 Å². The molecule has 0 spiro atoms. The van der Waals surface area contributed by atoms with Gasteiger partial charge in [0, 0.05) is 19.8 Å². The third kappa shape index (κ3) is 6.49. The number of ether oxygens (including phenoxy) is 3. The minimum Gasteiger partial charge on any atom is -0.479 e. The van der Waals surface area contributed by atoms with Crippen LogP contribution in [0, 0.1) is 0 Å². The van der Waals surface area contributed by atoms with Crippen molar-refractivity contribution in [1.82, 2.24) is 34.4 Å². The highest BCUT2D eigenvalue weighted by Crippen LogP contribution is 2.57. The molecule has 2 fully saturated rings. The van der Waals surface area contributed by atoms with E-state index in [2.05, 4.69) is 20.0 Å². The summed E-state index contributed by atoms with van der Waals surface area (Å²) in [5.74, 6) is -1.36. The average molecular weight is 661 g/mol. The van der Waals surface area contributed by atoms with E-state index in [0.717, 1.165) is 4.90 Å². The lowest BCUT2D eigenvalue weighted by atomic mass is 9.96. The van der Waals surface area contributed by atoms with Crippen LogP contribution in [0.15, 0.2) is 6.33 Å². The first-order valence-electron chi connectivity index (χ1n) is 13.5. The smallest absolute Gasteiger partial charge is 0.327 e. The van der Waals surface area contributed by atoms with Crippen LogP contribution in [-0.4, -0.2) is 127 Å². The summed E-state index contributed by atoms with van der Waals surface area (Å²) in [6.07, 6.45) is -3.16. The summed E-state index contributed by atoms with van der Waals surface area (Å²) in [6.45, 7) is 1.50. The van der Waals surface area contributed by atoms with Gasteiger partial charge in [-0.3, -0.25) is 23.6 Å². The van der Waals surface area contributed by atoms with Crippen molar-refractivity contribution in [1.29, 1.82) is 0 Å². The summed E-state index contributed by atoms with van der Waals surface area (Å²) >= 11 is 0.701. The molecule has 244 valence electrons. The third-order valence-electron chi connectivity index (χ3n) is 7.15. The van der Waals surface area contributed by atoms with Crippen LogP contribution in [-0.2, 0) is 28.2 Å². The van der Waals surface area contributed by atoms with Crippen molar-refractivity contribution in [3.8, 4) is 5.88 Å². The number of amides is 3. The van der Waals surface area contributed by atoms with Gasteiger partial charge in [-0.2, -0.15) is 9.97 Å². The van der Waals surface area contributed by atoms with Crippen molar-refractivity contribution in [3.05, 3.63) is 6.33 Å². The fourth-order valence-electron chi connectivity index (χ4n) is 4.71. The molecule has 2 aromatic rings. The number of hydrogen-bond acceptors (Lipinski definition) is 15. The number of nitrogen functional groups attached to an aromatic ring is 1. The number of esters is 1. The molecule has 0 radical (unpaired) electrons. The number of nitrogens with two attached hydrogens (primary N) is 1. The molecule has 4 rings (SSSR count). The highest BCUT2D eigenvalue weighted by molar-refractivity contribution is 8.56. The number of rotatable bonds is 12. The maximum absolute atomic E-state index is 14.1. The van der Waals surface area contributed by atoms with Crippen molar-refractivity contribution < 1.29 is 47.9 Å². The quantitative estimate of drug-likeness (QED) is 0.134. The summed E-state index contributed by atoms with van der Waals surface area (Å²) in [6, 6.07) is -2.56. The van der Waals surface area contributed by atoms with Crippen molar-refractivity contribution >= 4 is 53.1 Å². The van der Waals surface area contributed by atoms with Crippen molar-refractivity contribution in [2.24, 2.45) is 0 Å². The van der Waals surface area contributed by atoms with Crippen LogP contribution in [0.2, 0.25) is 0 Å². The Morgan fingerprint density at radius 1 is 1.30 bits per heavy atom. The predicted octanol–water partition coefficient (Wildman–Crippen LogP) is 0.106. The van der Waals surface area contributed by atoms with Gasteiger partial charge in [0.25, 0.3) is 5.91 Å². The molecule has 0 bridgehead atoms. The standard InChI is InChI=1S/C24H37N8O10PS/c1-11(2)41-20(35)12(3)29-43(38,44-9-13-19(34)31(6)23(36)30(13)5)40-8-14-16(33)24(4,37)21(42-14)32-10-26-15-17(32)27-22(25)28-18(15)39-7/h10-14,16,21,33,37H,8-9H2,1-7H3,(H,29,38)(H2,25,27,28)/t12-,13-,14-,16-,21-,24-,43+/m1/s1. The molecule has 0 aromatic carbocycles. The van der Waals surface area contributed by atoms with E-state index in [9.17, 15) is 29.2 Å². The largest absolute Gasteiger partial charge is 0.479 e. The number of nitrogens with zero attached hydrogens (tertiary/aromatic N) is 6. The van der Waals surface area contributed by atoms with E-state index < -0.39 is 73.5 Å². The lowest BCUT2D eigenvalue weighted by Gasteiger charge is -2.27. The van der Waals surface area contributed by atoms with Crippen LogP contribution in [0.4, 0.5) is 10.7 Å². The number of nitrogens with one attached hydrogen (secondary N) is 1. The zero-order valence-corrected chi connectivity index (χ0v) is 26.9. The average Bonchev–Trinajstić information content (AvgIpc) is 3.52. The molecule has 20 heteroatoms. The SMILES string of the molecule is COc1nc(N)nc2c1ncn2[C@@H]1O[C@H](CO[P@@](=O)(N[C@H](C)C(=O)OC(C)C)SC[C@@H]2C(=O)N(C)C(=O)N2C)[C@@H](O)[C@@]1(C)O. The van der Waals surface area contributed by atoms with Crippen molar-refractivity contribution in [2.75, 3.05) is 39.3 Å². The van der Waals surface area contributed by atoms with Crippen LogP contribution in [0.25, 0.3) is 11.2 Å². The summed E-state index contributed by atoms with van der Waals surface area (Å²) in [4.78, 5) is 51.9. The maximum atomic E-state index is 14.1. The predicted molar refractivity (Wildman–Crippen MR) is 156 cm³/mol. The van der Waals surface area contributed by atoms with Gasteiger partial charge in [-0.05, 0) is 27.7 Å². The number of methoxy groups -OCH3 is 1. The first-order chi connectivity index (χ1) is 20.5. The molecule has 3 amide bonds. The zero-order chi connectivity index (χ0) is 32.7. The molecule has 4 heterocycles. The normalized spacial score (nSPS) is 27.8. The Morgan fingerprint density at radius 3 is 2.57 bits per heavy atom. The lowest BCUT2D eigenvalue weighted by molar-refractivity contribution is -0.149. The van der Waals surface area contributed by atoms with Crippen LogP contribution in [0.5, 0.6) is 5.88 Å². The number of imidazole rings is 1. The number of likely N-dealkylation sites (N-methyl/N-ethyl adjacent to an activating group) is 2. The zero-order valence-electron chi connectivity index (χ0n) is 25.2. The number of aliphatic hydroxyl groups is 2. The number of hydrogen-bond donors (Lipinski definition) is 4. The Bertz CT molecular complexity index is 1470. The number of aromatic nitrogens is 4. The number of carbonyl (C=O) groups is 3. The Balaban J connectivity index is 1.55. The second kappa shape index (κ2) is 12.7. The van der Waals surface area contributed by atoms with E-state index in [4.69, 9.17) is 24.5 Å². The Hall–Kier alpha value is -3.06. The van der Waals surface area contributed by atoms with Crippen LogP contribution < -0.4 is 15.6 Å².